The van der Waals surface area contributed by atoms with E-state index in [0.29, 0.717) is 35.7 Å². The van der Waals surface area contributed by atoms with Crippen LogP contribution in [0.25, 0.3) is 10.8 Å². The van der Waals surface area contributed by atoms with Crippen molar-refractivity contribution in [1.82, 2.24) is 4.90 Å². The SMILES string of the molecule is CCOc1ccc(NC(=O)[C@H]2[C@@H]3OC4(CC3Br)C(C(=O)Nc3ccc5ccccc5c3)N([C@H](CO)c3ccccc3)C(=O)[C@H]24)cc1. The summed E-state index contributed by atoms with van der Waals surface area (Å²) in [6.07, 6.45) is -0.278. The summed E-state index contributed by atoms with van der Waals surface area (Å²) in [5, 5.41) is 18.7. The summed E-state index contributed by atoms with van der Waals surface area (Å²) in [4.78, 5) is 44.2. The van der Waals surface area contributed by atoms with Crippen LogP contribution in [0.3, 0.4) is 0 Å². The Hall–Kier alpha value is -4.25. The number of carbonyl (C=O) groups excluding carboxylic acids is 3. The Bertz CT molecular complexity index is 1790. The standard InChI is InChI=1S/C36H34BrN3O6/c1-2-45-26-16-14-24(15-17-26)38-33(42)29-30-35(44)40(28(20-41)22-9-4-3-5-10-22)32(36(30)19-27(37)31(29)46-36)34(43)39-25-13-12-21-8-6-7-11-23(21)18-25/h3-18,27-32,41H,2,19-20H2,1H3,(H,38,42)(H,39,43)/t27?,28-,29-,30+,31-,32?,36?/m1/s1. The van der Waals surface area contributed by atoms with Crippen LogP contribution in [0.2, 0.25) is 0 Å². The Morgan fingerprint density at radius 2 is 1.63 bits per heavy atom. The van der Waals surface area contributed by atoms with Gasteiger partial charge in [-0.15, -0.1) is 0 Å². The first-order valence-corrected chi connectivity index (χ1v) is 16.4. The molecular weight excluding hydrogens is 650 g/mol. The number of benzene rings is 4. The van der Waals surface area contributed by atoms with E-state index in [1.165, 1.54) is 4.90 Å². The van der Waals surface area contributed by atoms with Gasteiger partial charge in [0.15, 0.2) is 0 Å². The number of aliphatic hydroxyl groups is 1. The molecule has 3 heterocycles. The zero-order valence-electron chi connectivity index (χ0n) is 25.1. The van der Waals surface area contributed by atoms with Crippen LogP contribution in [-0.4, -0.2) is 63.5 Å². The maximum atomic E-state index is 14.6. The van der Waals surface area contributed by atoms with Crippen LogP contribution in [-0.2, 0) is 19.1 Å². The number of hydrogen-bond donors (Lipinski definition) is 3. The van der Waals surface area contributed by atoms with E-state index in [2.05, 4.69) is 26.6 Å². The lowest BCUT2D eigenvalue weighted by molar-refractivity contribution is -0.143. The molecule has 4 aromatic carbocycles. The number of amides is 3. The predicted molar refractivity (Wildman–Crippen MR) is 178 cm³/mol. The van der Waals surface area contributed by atoms with Gasteiger partial charge in [-0.25, -0.2) is 0 Å². The van der Waals surface area contributed by atoms with Gasteiger partial charge in [0.25, 0.3) is 0 Å². The Kier molecular flexibility index (Phi) is 8.04. The van der Waals surface area contributed by atoms with E-state index < -0.39 is 54.0 Å². The lowest BCUT2D eigenvalue weighted by Crippen LogP contribution is -2.55. The quantitative estimate of drug-likeness (QED) is 0.206. The van der Waals surface area contributed by atoms with E-state index in [4.69, 9.17) is 9.47 Å². The largest absolute Gasteiger partial charge is 0.494 e. The first kappa shape index (κ1) is 30.4. The zero-order chi connectivity index (χ0) is 32.0. The predicted octanol–water partition coefficient (Wildman–Crippen LogP) is 5.30. The fraction of sp³-hybridized carbons (Fsp3) is 0.306. The van der Waals surface area contributed by atoms with E-state index in [-0.39, 0.29) is 10.7 Å². The monoisotopic (exact) mass is 683 g/mol. The van der Waals surface area contributed by atoms with Gasteiger partial charge in [0.05, 0.1) is 37.2 Å². The van der Waals surface area contributed by atoms with Crippen LogP contribution in [0, 0.1) is 11.8 Å². The van der Waals surface area contributed by atoms with Gasteiger partial charge >= 0.3 is 0 Å². The van der Waals surface area contributed by atoms with Crippen molar-refractivity contribution in [2.45, 2.75) is 42.0 Å². The summed E-state index contributed by atoms with van der Waals surface area (Å²) in [7, 11) is 0. The highest BCUT2D eigenvalue weighted by atomic mass is 79.9. The molecule has 9 nitrogen and oxygen atoms in total. The van der Waals surface area contributed by atoms with Gasteiger partial charge < -0.3 is 30.1 Å². The topological polar surface area (TPSA) is 117 Å². The van der Waals surface area contributed by atoms with E-state index in [0.717, 1.165) is 10.8 Å². The van der Waals surface area contributed by atoms with Gasteiger partial charge in [-0.2, -0.15) is 0 Å². The summed E-state index contributed by atoms with van der Waals surface area (Å²) < 4.78 is 12.2. The molecular formula is C36H34BrN3O6. The smallest absolute Gasteiger partial charge is 0.250 e. The highest BCUT2D eigenvalue weighted by molar-refractivity contribution is 9.09. The third-order valence-corrected chi connectivity index (χ3v) is 10.3. The molecule has 46 heavy (non-hydrogen) atoms. The molecule has 1 spiro atoms. The third-order valence-electron chi connectivity index (χ3n) is 9.42. The molecule has 10 heteroatoms. The number of nitrogens with one attached hydrogen (secondary N) is 2. The summed E-state index contributed by atoms with van der Waals surface area (Å²) in [6, 6.07) is 27.7. The maximum Gasteiger partial charge on any atom is 0.250 e. The number of anilines is 2. The van der Waals surface area contributed by atoms with Gasteiger partial charge in [-0.1, -0.05) is 76.6 Å². The molecule has 0 aromatic heterocycles. The molecule has 236 valence electrons. The summed E-state index contributed by atoms with van der Waals surface area (Å²) >= 11 is 3.72. The molecule has 3 unspecified atom stereocenters. The molecule has 3 saturated heterocycles. The highest BCUT2D eigenvalue weighted by Crippen LogP contribution is 2.61. The van der Waals surface area contributed by atoms with Gasteiger partial charge in [-0.3, -0.25) is 14.4 Å². The van der Waals surface area contributed by atoms with E-state index in [1.807, 2.05) is 79.7 Å². The summed E-state index contributed by atoms with van der Waals surface area (Å²) in [6.45, 7) is 2.01. The van der Waals surface area contributed by atoms with Crippen molar-refractivity contribution in [2.24, 2.45) is 11.8 Å². The molecule has 3 fully saturated rings. The van der Waals surface area contributed by atoms with Crippen molar-refractivity contribution >= 4 is 55.8 Å². The number of fused-ring (bicyclic) bond motifs is 2. The van der Waals surface area contributed by atoms with Gasteiger partial charge in [0.1, 0.15) is 17.4 Å². The first-order valence-electron chi connectivity index (χ1n) is 15.5. The summed E-state index contributed by atoms with van der Waals surface area (Å²) in [5.41, 5.74) is 0.518. The van der Waals surface area contributed by atoms with Crippen molar-refractivity contribution in [3.8, 4) is 5.75 Å². The summed E-state index contributed by atoms with van der Waals surface area (Å²) in [5.74, 6) is -2.31. The van der Waals surface area contributed by atoms with Crippen molar-refractivity contribution in [3.63, 3.8) is 0 Å². The molecule has 7 atom stereocenters. The van der Waals surface area contributed by atoms with Crippen LogP contribution < -0.4 is 15.4 Å². The lowest BCUT2D eigenvalue weighted by Gasteiger charge is -2.37. The van der Waals surface area contributed by atoms with Gasteiger partial charge in [-0.05, 0) is 66.1 Å². The van der Waals surface area contributed by atoms with Crippen molar-refractivity contribution in [1.29, 1.82) is 0 Å². The fourth-order valence-corrected chi connectivity index (χ4v) is 8.48. The van der Waals surface area contributed by atoms with Crippen LogP contribution >= 0.6 is 15.9 Å². The Morgan fingerprint density at radius 3 is 2.35 bits per heavy atom. The molecule has 0 radical (unpaired) electrons. The molecule has 3 aliphatic rings. The van der Waals surface area contributed by atoms with Gasteiger partial charge in [0, 0.05) is 16.2 Å². The minimum atomic E-state index is -1.29. The molecule has 0 saturated carbocycles. The second kappa shape index (κ2) is 12.2. The minimum Gasteiger partial charge on any atom is -0.494 e. The molecule has 3 N–H and O–H groups in total. The number of hydrogen-bond acceptors (Lipinski definition) is 6. The zero-order valence-corrected chi connectivity index (χ0v) is 26.7. The van der Waals surface area contributed by atoms with Crippen LogP contribution in [0.1, 0.15) is 24.9 Å². The maximum absolute atomic E-state index is 14.6. The molecule has 7 rings (SSSR count). The number of carbonyl (C=O) groups is 3. The number of rotatable bonds is 9. The van der Waals surface area contributed by atoms with Crippen molar-refractivity contribution in [3.05, 3.63) is 103 Å². The molecule has 3 aliphatic heterocycles. The second-order valence-electron chi connectivity index (χ2n) is 12.0. The Balaban J connectivity index is 1.26. The van der Waals surface area contributed by atoms with Crippen LogP contribution in [0.5, 0.6) is 5.75 Å². The van der Waals surface area contributed by atoms with E-state index in [9.17, 15) is 19.5 Å². The number of aliphatic hydroxyl groups excluding tert-OH is 1. The number of nitrogens with zero attached hydrogens (tertiary/aromatic N) is 1. The molecule has 0 aliphatic carbocycles. The first-order chi connectivity index (χ1) is 22.3. The highest BCUT2D eigenvalue weighted by Gasteiger charge is 2.77. The van der Waals surface area contributed by atoms with Crippen LogP contribution in [0.4, 0.5) is 11.4 Å². The van der Waals surface area contributed by atoms with E-state index >= 15 is 0 Å². The molecule has 3 amide bonds. The number of ether oxygens (including phenoxy) is 2. The normalized spacial score (nSPS) is 27.0. The number of alkyl halides is 1. The van der Waals surface area contributed by atoms with Crippen molar-refractivity contribution < 1.29 is 29.0 Å². The number of halogens is 1. The van der Waals surface area contributed by atoms with Crippen molar-refractivity contribution in [2.75, 3.05) is 23.8 Å². The average Bonchev–Trinajstić information content (AvgIpc) is 3.66. The number of likely N-dealkylation sites (tertiary alicyclic amines) is 1. The molecule has 4 aromatic rings. The Labute approximate surface area is 275 Å². The Morgan fingerprint density at radius 1 is 0.957 bits per heavy atom. The fourth-order valence-electron chi connectivity index (χ4n) is 7.54. The second-order valence-corrected chi connectivity index (χ2v) is 13.2. The third kappa shape index (κ3) is 5.05. The minimum absolute atomic E-state index is 0.271. The average molecular weight is 685 g/mol. The van der Waals surface area contributed by atoms with E-state index in [1.54, 1.807) is 24.3 Å². The molecule has 2 bridgehead atoms. The lowest BCUT2D eigenvalue weighted by atomic mass is 9.70. The van der Waals surface area contributed by atoms with Crippen LogP contribution in [0.15, 0.2) is 97.1 Å². The van der Waals surface area contributed by atoms with Gasteiger partial charge in [0.2, 0.25) is 17.7 Å².